The van der Waals surface area contributed by atoms with Crippen LogP contribution in [0.25, 0.3) is 0 Å². The summed E-state index contributed by atoms with van der Waals surface area (Å²) in [6.45, 7) is 2.99. The summed E-state index contributed by atoms with van der Waals surface area (Å²) in [5.74, 6) is 1.80. The van der Waals surface area contributed by atoms with E-state index in [9.17, 15) is 4.79 Å². The van der Waals surface area contributed by atoms with Crippen LogP contribution in [0.1, 0.15) is 17.7 Å². The lowest BCUT2D eigenvalue weighted by Crippen LogP contribution is -2.32. The van der Waals surface area contributed by atoms with Crippen LogP contribution in [-0.4, -0.2) is 28.9 Å². The third-order valence-electron chi connectivity index (χ3n) is 5.10. The van der Waals surface area contributed by atoms with Crippen molar-refractivity contribution in [3.8, 4) is 11.5 Å². The average molecular weight is 387 g/mol. The number of pyridine rings is 1. The van der Waals surface area contributed by atoms with Gasteiger partial charge in [-0.1, -0.05) is 36.4 Å². The van der Waals surface area contributed by atoms with Crippen molar-refractivity contribution in [2.24, 2.45) is 5.92 Å². The molecule has 5 heteroatoms. The molecule has 29 heavy (non-hydrogen) atoms. The standard InChI is InChI=1S/C24H25N3O2/c28-24(26-16-21-8-4-5-13-25-21)20-12-14-27(18-20)17-19-7-6-11-23(15-19)29-22-9-2-1-3-10-22/h1-11,13,15,20H,12,14,16-18H2,(H,26,28)/t20-/m1/s1. The number of likely N-dealkylation sites (tertiary alicyclic amines) is 1. The molecule has 0 bridgehead atoms. The van der Waals surface area contributed by atoms with E-state index >= 15 is 0 Å². The maximum Gasteiger partial charge on any atom is 0.224 e. The van der Waals surface area contributed by atoms with Gasteiger partial charge >= 0.3 is 0 Å². The van der Waals surface area contributed by atoms with Crippen LogP contribution in [-0.2, 0) is 17.9 Å². The Kier molecular flexibility index (Phi) is 6.17. The molecule has 1 amide bonds. The fraction of sp³-hybridized carbons (Fsp3) is 0.250. The number of para-hydroxylation sites is 1. The topological polar surface area (TPSA) is 54.5 Å². The molecule has 4 rings (SSSR count). The maximum absolute atomic E-state index is 12.5. The first-order valence-electron chi connectivity index (χ1n) is 9.98. The van der Waals surface area contributed by atoms with Crippen molar-refractivity contribution in [1.82, 2.24) is 15.2 Å². The van der Waals surface area contributed by atoms with Gasteiger partial charge in [-0.2, -0.15) is 0 Å². The van der Waals surface area contributed by atoms with Gasteiger partial charge in [0, 0.05) is 19.3 Å². The first kappa shape index (κ1) is 19.2. The van der Waals surface area contributed by atoms with E-state index in [0.717, 1.165) is 43.2 Å². The largest absolute Gasteiger partial charge is 0.457 e. The second-order valence-corrected chi connectivity index (χ2v) is 7.32. The number of aromatic nitrogens is 1. The summed E-state index contributed by atoms with van der Waals surface area (Å²) in [5.41, 5.74) is 2.07. The van der Waals surface area contributed by atoms with Crippen molar-refractivity contribution in [1.29, 1.82) is 0 Å². The van der Waals surface area contributed by atoms with Gasteiger partial charge in [-0.15, -0.1) is 0 Å². The number of hydrogen-bond acceptors (Lipinski definition) is 4. The van der Waals surface area contributed by atoms with Crippen molar-refractivity contribution in [2.45, 2.75) is 19.5 Å². The second-order valence-electron chi connectivity index (χ2n) is 7.32. The highest BCUT2D eigenvalue weighted by Crippen LogP contribution is 2.24. The zero-order valence-corrected chi connectivity index (χ0v) is 16.3. The average Bonchev–Trinajstić information content (AvgIpc) is 3.22. The van der Waals surface area contributed by atoms with E-state index in [1.54, 1.807) is 6.20 Å². The minimum atomic E-state index is 0.0301. The molecule has 1 aliphatic rings. The Balaban J connectivity index is 1.28. The number of nitrogens with one attached hydrogen (secondary N) is 1. The van der Waals surface area contributed by atoms with Crippen LogP contribution in [0.2, 0.25) is 0 Å². The molecule has 0 radical (unpaired) electrons. The first-order valence-corrected chi connectivity index (χ1v) is 9.98. The SMILES string of the molecule is O=C(NCc1ccccn1)[C@@H]1CCN(Cc2cccc(Oc3ccccc3)c2)C1. The summed E-state index contributed by atoms with van der Waals surface area (Å²) < 4.78 is 5.93. The van der Waals surface area contributed by atoms with Gasteiger partial charge in [0.1, 0.15) is 11.5 Å². The number of benzene rings is 2. The summed E-state index contributed by atoms with van der Waals surface area (Å²) in [4.78, 5) is 19.1. The molecule has 2 aromatic carbocycles. The van der Waals surface area contributed by atoms with Gasteiger partial charge in [-0.3, -0.25) is 14.7 Å². The van der Waals surface area contributed by atoms with Gasteiger partial charge < -0.3 is 10.1 Å². The van der Waals surface area contributed by atoms with E-state index in [0.29, 0.717) is 6.54 Å². The highest BCUT2D eigenvalue weighted by atomic mass is 16.5. The molecule has 1 saturated heterocycles. The summed E-state index contributed by atoms with van der Waals surface area (Å²) >= 11 is 0. The maximum atomic E-state index is 12.5. The van der Waals surface area contributed by atoms with E-state index in [4.69, 9.17) is 4.74 Å². The van der Waals surface area contributed by atoms with Crippen LogP contribution in [0, 0.1) is 5.92 Å². The van der Waals surface area contributed by atoms with Gasteiger partial charge in [-0.05, 0) is 54.9 Å². The second kappa shape index (κ2) is 9.34. The van der Waals surface area contributed by atoms with Crippen molar-refractivity contribution in [3.63, 3.8) is 0 Å². The Morgan fingerprint density at radius 2 is 1.86 bits per heavy atom. The molecule has 1 atom stereocenters. The molecular formula is C24H25N3O2. The summed E-state index contributed by atoms with van der Waals surface area (Å²) in [7, 11) is 0. The molecule has 148 valence electrons. The summed E-state index contributed by atoms with van der Waals surface area (Å²) in [6, 6.07) is 23.7. The van der Waals surface area contributed by atoms with Crippen LogP contribution >= 0.6 is 0 Å². The first-order chi connectivity index (χ1) is 14.3. The van der Waals surface area contributed by atoms with E-state index in [2.05, 4.69) is 27.3 Å². The van der Waals surface area contributed by atoms with Gasteiger partial charge in [0.2, 0.25) is 5.91 Å². The lowest BCUT2D eigenvalue weighted by atomic mass is 10.1. The predicted octanol–water partition coefficient (Wildman–Crippen LogP) is 4.01. The van der Waals surface area contributed by atoms with Crippen molar-refractivity contribution in [2.75, 3.05) is 13.1 Å². The molecule has 1 aliphatic heterocycles. The van der Waals surface area contributed by atoms with Gasteiger partial charge in [0.15, 0.2) is 0 Å². The highest BCUT2D eigenvalue weighted by molar-refractivity contribution is 5.79. The Hall–Kier alpha value is -3.18. The molecule has 1 N–H and O–H groups in total. The molecule has 1 aromatic heterocycles. The van der Waals surface area contributed by atoms with E-state index < -0.39 is 0 Å². The van der Waals surface area contributed by atoms with Gasteiger partial charge in [0.05, 0.1) is 18.2 Å². The molecule has 5 nitrogen and oxygen atoms in total. The van der Waals surface area contributed by atoms with Crippen LogP contribution in [0.4, 0.5) is 0 Å². The number of carbonyl (C=O) groups excluding carboxylic acids is 1. The molecule has 3 aromatic rings. The minimum Gasteiger partial charge on any atom is -0.457 e. The number of ether oxygens (including phenoxy) is 1. The van der Waals surface area contributed by atoms with Crippen molar-refractivity contribution >= 4 is 5.91 Å². The molecule has 2 heterocycles. The molecular weight excluding hydrogens is 362 g/mol. The number of carbonyl (C=O) groups is 1. The Labute approximate surface area is 171 Å². The van der Waals surface area contributed by atoms with E-state index in [1.165, 1.54) is 5.56 Å². The quantitative estimate of drug-likeness (QED) is 0.665. The van der Waals surface area contributed by atoms with Gasteiger partial charge in [-0.25, -0.2) is 0 Å². The fourth-order valence-electron chi connectivity index (χ4n) is 3.61. The molecule has 1 fully saturated rings. The predicted molar refractivity (Wildman–Crippen MR) is 112 cm³/mol. The Bertz CT molecular complexity index is 931. The third-order valence-corrected chi connectivity index (χ3v) is 5.10. The zero-order chi connectivity index (χ0) is 19.9. The highest BCUT2D eigenvalue weighted by Gasteiger charge is 2.28. The van der Waals surface area contributed by atoms with Crippen molar-refractivity contribution in [3.05, 3.63) is 90.3 Å². The molecule has 0 saturated carbocycles. The van der Waals surface area contributed by atoms with Crippen LogP contribution < -0.4 is 10.1 Å². The Morgan fingerprint density at radius 1 is 1.03 bits per heavy atom. The van der Waals surface area contributed by atoms with E-state index in [1.807, 2.05) is 60.7 Å². The van der Waals surface area contributed by atoms with Crippen LogP contribution in [0.3, 0.4) is 0 Å². The lowest BCUT2D eigenvalue weighted by Gasteiger charge is -2.17. The zero-order valence-electron chi connectivity index (χ0n) is 16.3. The molecule has 0 unspecified atom stereocenters. The monoisotopic (exact) mass is 387 g/mol. The normalized spacial score (nSPS) is 16.5. The number of hydrogen-bond donors (Lipinski definition) is 1. The van der Waals surface area contributed by atoms with Crippen LogP contribution in [0.15, 0.2) is 79.0 Å². The number of rotatable bonds is 7. The number of amides is 1. The Morgan fingerprint density at radius 3 is 2.69 bits per heavy atom. The third kappa shape index (κ3) is 5.42. The van der Waals surface area contributed by atoms with Crippen molar-refractivity contribution < 1.29 is 9.53 Å². The summed E-state index contributed by atoms with van der Waals surface area (Å²) in [6.07, 6.45) is 2.63. The lowest BCUT2D eigenvalue weighted by molar-refractivity contribution is -0.124. The minimum absolute atomic E-state index is 0.0301. The summed E-state index contributed by atoms with van der Waals surface area (Å²) in [5, 5.41) is 3.01. The van der Waals surface area contributed by atoms with Gasteiger partial charge in [0.25, 0.3) is 0 Å². The fourth-order valence-corrected chi connectivity index (χ4v) is 3.61. The molecule has 0 spiro atoms. The van der Waals surface area contributed by atoms with Crippen LogP contribution in [0.5, 0.6) is 11.5 Å². The number of nitrogens with zero attached hydrogens (tertiary/aromatic N) is 2. The smallest absolute Gasteiger partial charge is 0.224 e. The van der Waals surface area contributed by atoms with E-state index in [-0.39, 0.29) is 11.8 Å². The molecule has 0 aliphatic carbocycles.